The van der Waals surface area contributed by atoms with Crippen LogP contribution in [0.3, 0.4) is 0 Å². The van der Waals surface area contributed by atoms with Crippen molar-refractivity contribution in [3.8, 4) is 0 Å². The van der Waals surface area contributed by atoms with Gasteiger partial charge in [-0.25, -0.2) is 0 Å². The summed E-state index contributed by atoms with van der Waals surface area (Å²) < 4.78 is 52.8. The summed E-state index contributed by atoms with van der Waals surface area (Å²) >= 11 is 0. The van der Waals surface area contributed by atoms with Gasteiger partial charge in [0.15, 0.2) is 17.4 Å². The molecule has 0 aromatic carbocycles. The first-order valence-corrected chi connectivity index (χ1v) is 9.98. The molecule has 3 saturated heterocycles. The summed E-state index contributed by atoms with van der Waals surface area (Å²) in [5, 5.41) is 10.7. The number of methoxy groups -OCH3 is 2. The highest BCUT2D eigenvalue weighted by Gasteiger charge is 2.64. The molecular formula is C15H27O9P. The van der Waals surface area contributed by atoms with Crippen molar-refractivity contribution >= 4 is 7.37 Å². The molecule has 1 N–H and O–H groups in total. The molecule has 0 unspecified atom stereocenters. The smallest absolute Gasteiger partial charge is 0.288 e. The highest BCUT2D eigenvalue weighted by atomic mass is 31.2. The van der Waals surface area contributed by atoms with E-state index in [-0.39, 0.29) is 6.61 Å². The Hall–Kier alpha value is -0.0900. The van der Waals surface area contributed by atoms with Gasteiger partial charge in [0.05, 0.1) is 6.61 Å². The fraction of sp³-hybridized carbons (Fsp3) is 1.00. The predicted molar refractivity (Wildman–Crippen MR) is 85.0 cm³/mol. The number of aliphatic hydroxyl groups is 1. The van der Waals surface area contributed by atoms with Crippen LogP contribution in [0.5, 0.6) is 0 Å². The lowest BCUT2D eigenvalue weighted by Gasteiger charge is -2.43. The third-order valence-corrected chi connectivity index (χ3v) is 7.14. The van der Waals surface area contributed by atoms with E-state index < -0.39 is 55.2 Å². The van der Waals surface area contributed by atoms with Crippen LogP contribution in [0.2, 0.25) is 0 Å². The van der Waals surface area contributed by atoms with Crippen LogP contribution in [-0.4, -0.2) is 73.8 Å². The van der Waals surface area contributed by atoms with Gasteiger partial charge < -0.3 is 38.1 Å². The third kappa shape index (κ3) is 3.42. The Morgan fingerprint density at radius 3 is 2.12 bits per heavy atom. The van der Waals surface area contributed by atoms with E-state index in [0.717, 1.165) is 0 Å². The molecule has 3 aliphatic rings. The number of aliphatic hydroxyl groups excluding tert-OH is 1. The zero-order chi connectivity index (χ0) is 18.6. The quantitative estimate of drug-likeness (QED) is 0.568. The van der Waals surface area contributed by atoms with Gasteiger partial charge in [-0.05, 0) is 27.7 Å². The van der Waals surface area contributed by atoms with E-state index in [1.54, 1.807) is 27.7 Å². The molecule has 3 aliphatic heterocycles. The van der Waals surface area contributed by atoms with Crippen LogP contribution < -0.4 is 0 Å². The Balaban J connectivity index is 1.94. The van der Waals surface area contributed by atoms with Gasteiger partial charge in [-0.15, -0.1) is 0 Å². The fourth-order valence-electron chi connectivity index (χ4n) is 3.54. The zero-order valence-electron chi connectivity index (χ0n) is 15.3. The van der Waals surface area contributed by atoms with Gasteiger partial charge in [0.2, 0.25) is 6.03 Å². The van der Waals surface area contributed by atoms with Crippen molar-refractivity contribution < 1.29 is 42.6 Å². The Morgan fingerprint density at radius 1 is 1.00 bits per heavy atom. The van der Waals surface area contributed by atoms with E-state index in [9.17, 15) is 9.67 Å². The minimum atomic E-state index is -3.82. The van der Waals surface area contributed by atoms with Crippen molar-refractivity contribution in [3.63, 3.8) is 0 Å². The van der Waals surface area contributed by atoms with E-state index in [1.807, 2.05) is 0 Å². The van der Waals surface area contributed by atoms with Gasteiger partial charge in [0.1, 0.15) is 24.4 Å². The molecule has 0 saturated carbocycles. The lowest BCUT2D eigenvalue weighted by atomic mass is 10.0. The van der Waals surface area contributed by atoms with Crippen LogP contribution in [0.4, 0.5) is 0 Å². The Bertz CT molecular complexity index is 547. The molecule has 25 heavy (non-hydrogen) atoms. The Kier molecular flexibility index (Phi) is 5.12. The molecule has 0 aromatic rings. The van der Waals surface area contributed by atoms with Gasteiger partial charge in [-0.2, -0.15) is 0 Å². The van der Waals surface area contributed by atoms with Gasteiger partial charge in [-0.1, -0.05) is 0 Å². The molecule has 0 radical (unpaired) electrons. The van der Waals surface area contributed by atoms with Crippen molar-refractivity contribution in [1.82, 2.24) is 0 Å². The first-order chi connectivity index (χ1) is 11.5. The maximum atomic E-state index is 13.5. The van der Waals surface area contributed by atoms with Crippen LogP contribution in [-0.2, 0) is 37.5 Å². The SMILES string of the molecule is COC(OC)[P@]1(=O)O[C@H]([C@H]2COC(C)(C)O2)[C@@H]2OC(C)(C)O[C@@H]2[C@@H]1O. The zero-order valence-corrected chi connectivity index (χ0v) is 16.2. The Morgan fingerprint density at radius 2 is 1.60 bits per heavy atom. The number of hydrogen-bond acceptors (Lipinski definition) is 9. The summed E-state index contributed by atoms with van der Waals surface area (Å²) in [6.45, 7) is 7.25. The summed E-state index contributed by atoms with van der Waals surface area (Å²) in [6, 6.07) is -1.23. The van der Waals surface area contributed by atoms with Crippen LogP contribution >= 0.6 is 7.37 Å². The van der Waals surface area contributed by atoms with Crippen molar-refractivity contribution in [2.45, 2.75) is 75.6 Å². The summed E-state index contributed by atoms with van der Waals surface area (Å²) in [5.41, 5.74) is 0. The van der Waals surface area contributed by atoms with Crippen LogP contribution in [0.1, 0.15) is 27.7 Å². The maximum absolute atomic E-state index is 13.5. The predicted octanol–water partition coefficient (Wildman–Crippen LogP) is 1.23. The number of fused-ring (bicyclic) bond motifs is 1. The molecule has 6 atom stereocenters. The summed E-state index contributed by atoms with van der Waals surface area (Å²) in [5.74, 6) is -3.20. The van der Waals surface area contributed by atoms with E-state index >= 15 is 0 Å². The highest BCUT2D eigenvalue weighted by molar-refractivity contribution is 7.60. The summed E-state index contributed by atoms with van der Waals surface area (Å²) in [6.07, 6.45) is -2.82. The second-order valence-corrected chi connectivity index (χ2v) is 9.79. The first kappa shape index (κ1) is 19.7. The number of hydrogen-bond donors (Lipinski definition) is 1. The fourth-order valence-corrected chi connectivity index (χ4v) is 5.88. The third-order valence-electron chi connectivity index (χ3n) is 4.53. The molecule has 0 aromatic heterocycles. The molecule has 10 heteroatoms. The summed E-state index contributed by atoms with van der Waals surface area (Å²) in [7, 11) is -1.16. The topological polar surface area (TPSA) is 102 Å². The van der Waals surface area contributed by atoms with E-state index in [1.165, 1.54) is 14.2 Å². The van der Waals surface area contributed by atoms with Gasteiger partial charge >= 0.3 is 0 Å². The average molecular weight is 382 g/mol. The monoisotopic (exact) mass is 382 g/mol. The Labute approximate surface area is 147 Å². The molecule has 3 fully saturated rings. The van der Waals surface area contributed by atoms with E-state index in [4.69, 9.17) is 32.9 Å². The van der Waals surface area contributed by atoms with Gasteiger partial charge in [0.25, 0.3) is 7.37 Å². The second kappa shape index (κ2) is 6.51. The standard InChI is InChI=1S/C15H27O9P/c1-14(2)20-7-8(21-14)9-10-11(23-15(3,4)22-10)12(16)25(17,24-9)13(18-5)19-6/h8-13,16H,7H2,1-6H3/t8-,9-,10+,11+,12-,25-/m1/s1. The summed E-state index contributed by atoms with van der Waals surface area (Å²) in [4.78, 5) is 0. The molecular weight excluding hydrogens is 355 g/mol. The molecule has 0 amide bonds. The molecule has 3 rings (SSSR count). The first-order valence-electron chi connectivity index (χ1n) is 8.22. The van der Waals surface area contributed by atoms with Gasteiger partial charge in [0, 0.05) is 14.2 Å². The molecule has 0 aliphatic carbocycles. The maximum Gasteiger partial charge on any atom is 0.288 e. The molecule has 146 valence electrons. The minimum Gasteiger partial charge on any atom is -0.380 e. The van der Waals surface area contributed by atoms with E-state index in [2.05, 4.69) is 0 Å². The second-order valence-electron chi connectivity index (χ2n) is 7.34. The van der Waals surface area contributed by atoms with Gasteiger partial charge in [-0.3, -0.25) is 4.57 Å². The highest BCUT2D eigenvalue weighted by Crippen LogP contribution is 2.64. The largest absolute Gasteiger partial charge is 0.380 e. The van der Waals surface area contributed by atoms with Crippen LogP contribution in [0.15, 0.2) is 0 Å². The van der Waals surface area contributed by atoms with Crippen molar-refractivity contribution in [3.05, 3.63) is 0 Å². The van der Waals surface area contributed by atoms with Crippen molar-refractivity contribution in [1.29, 1.82) is 0 Å². The lowest BCUT2D eigenvalue weighted by molar-refractivity contribution is -0.176. The molecule has 9 nitrogen and oxygen atoms in total. The van der Waals surface area contributed by atoms with Crippen molar-refractivity contribution in [2.75, 3.05) is 20.8 Å². The average Bonchev–Trinajstić information content (AvgIpc) is 3.03. The molecule has 3 heterocycles. The molecule has 0 bridgehead atoms. The normalized spacial score (nSPS) is 45.7. The van der Waals surface area contributed by atoms with Crippen LogP contribution in [0, 0.1) is 0 Å². The van der Waals surface area contributed by atoms with Crippen LogP contribution in [0.25, 0.3) is 0 Å². The number of rotatable bonds is 4. The number of ether oxygens (including phenoxy) is 6. The molecule has 0 spiro atoms. The lowest BCUT2D eigenvalue weighted by Crippen LogP contribution is -2.55. The van der Waals surface area contributed by atoms with E-state index in [0.29, 0.717) is 0 Å². The van der Waals surface area contributed by atoms with Crippen molar-refractivity contribution in [2.24, 2.45) is 0 Å². The minimum absolute atomic E-state index is 0.241.